The number of carbonyl (C=O) groups is 1. The largest absolute Gasteiger partial charge is 0.342 e. The minimum atomic E-state index is 0.282. The van der Waals surface area contributed by atoms with Gasteiger partial charge in [0.15, 0.2) is 0 Å². The summed E-state index contributed by atoms with van der Waals surface area (Å²) in [6.45, 7) is 2.00. The zero-order valence-electron chi connectivity index (χ0n) is 10.2. The first-order valence-electron chi connectivity index (χ1n) is 6.82. The van der Waals surface area contributed by atoms with Crippen LogP contribution in [0, 0.1) is 5.92 Å². The van der Waals surface area contributed by atoms with Crippen molar-refractivity contribution in [3.63, 3.8) is 0 Å². The maximum absolute atomic E-state index is 12.3. The quantitative estimate of drug-likeness (QED) is 0.623. The van der Waals surface area contributed by atoms with E-state index in [0.717, 1.165) is 32.4 Å². The number of likely N-dealkylation sites (tertiary alicyclic amines) is 1. The molecule has 1 aliphatic carbocycles. The van der Waals surface area contributed by atoms with Gasteiger partial charge in [0.2, 0.25) is 5.91 Å². The predicted octanol–water partition coefficient (Wildman–Crippen LogP) is 3.14. The van der Waals surface area contributed by atoms with Crippen LogP contribution in [-0.4, -0.2) is 23.9 Å². The fourth-order valence-corrected chi connectivity index (χ4v) is 2.74. The van der Waals surface area contributed by atoms with Crippen LogP contribution in [0.3, 0.4) is 0 Å². The first kappa shape index (κ1) is 11.7. The number of amides is 1. The molecule has 1 unspecified atom stereocenters. The molecule has 2 heteroatoms. The molecule has 1 heterocycles. The molecule has 0 spiro atoms. The molecule has 1 fully saturated rings. The highest BCUT2D eigenvalue weighted by atomic mass is 16.2. The van der Waals surface area contributed by atoms with Gasteiger partial charge >= 0.3 is 0 Å². The summed E-state index contributed by atoms with van der Waals surface area (Å²) in [6, 6.07) is 0. The van der Waals surface area contributed by atoms with E-state index in [1.54, 1.807) is 0 Å². The predicted molar refractivity (Wildman–Crippen MR) is 66.1 cm³/mol. The molecule has 0 aromatic heterocycles. The number of hydrogen-bond acceptors (Lipinski definition) is 1. The van der Waals surface area contributed by atoms with E-state index in [1.807, 2.05) is 0 Å². The summed E-state index contributed by atoms with van der Waals surface area (Å²) < 4.78 is 0. The highest BCUT2D eigenvalue weighted by Gasteiger charge is 2.24. The van der Waals surface area contributed by atoms with E-state index < -0.39 is 0 Å². The Morgan fingerprint density at radius 2 is 1.69 bits per heavy atom. The topological polar surface area (TPSA) is 20.3 Å². The molecule has 0 bridgehead atoms. The Labute approximate surface area is 98.7 Å². The number of nitrogens with zero attached hydrogens (tertiary/aromatic N) is 1. The van der Waals surface area contributed by atoms with Crippen LogP contribution < -0.4 is 0 Å². The molecule has 16 heavy (non-hydrogen) atoms. The summed E-state index contributed by atoms with van der Waals surface area (Å²) in [5, 5.41) is 0. The maximum Gasteiger partial charge on any atom is 0.226 e. The monoisotopic (exact) mass is 221 g/mol. The van der Waals surface area contributed by atoms with Gasteiger partial charge < -0.3 is 4.90 Å². The second kappa shape index (κ2) is 6.07. The van der Waals surface area contributed by atoms with Crippen molar-refractivity contribution in [1.29, 1.82) is 0 Å². The highest BCUT2D eigenvalue weighted by Crippen LogP contribution is 2.22. The van der Waals surface area contributed by atoms with Crippen molar-refractivity contribution >= 4 is 5.91 Å². The van der Waals surface area contributed by atoms with E-state index in [2.05, 4.69) is 17.1 Å². The molecule has 0 radical (unpaired) electrons. The standard InChI is InChI=1S/C14H23NO/c16-14(13-9-5-4-6-10-13)15-11-7-2-1-3-8-12-15/h4-5,13H,1-3,6-12H2. The number of allylic oxidation sites excluding steroid dienone is 2. The Bertz CT molecular complexity index is 251. The first-order chi connectivity index (χ1) is 7.88. The minimum absolute atomic E-state index is 0.282. The van der Waals surface area contributed by atoms with Crippen LogP contribution in [0.4, 0.5) is 0 Å². The fourth-order valence-electron chi connectivity index (χ4n) is 2.74. The lowest BCUT2D eigenvalue weighted by atomic mass is 9.92. The average Bonchev–Trinajstić information content (AvgIpc) is 2.29. The van der Waals surface area contributed by atoms with Crippen molar-refractivity contribution in [2.45, 2.75) is 51.4 Å². The second-order valence-electron chi connectivity index (χ2n) is 5.07. The van der Waals surface area contributed by atoms with Gasteiger partial charge in [-0.2, -0.15) is 0 Å². The van der Waals surface area contributed by atoms with Gasteiger partial charge in [0.05, 0.1) is 0 Å². The van der Waals surface area contributed by atoms with Gasteiger partial charge in [0, 0.05) is 19.0 Å². The lowest BCUT2D eigenvalue weighted by Crippen LogP contribution is -2.38. The van der Waals surface area contributed by atoms with Crippen molar-refractivity contribution in [1.82, 2.24) is 4.90 Å². The number of rotatable bonds is 1. The van der Waals surface area contributed by atoms with Crippen molar-refractivity contribution in [2.24, 2.45) is 5.92 Å². The highest BCUT2D eigenvalue weighted by molar-refractivity contribution is 5.79. The van der Waals surface area contributed by atoms with Gasteiger partial charge in [-0.15, -0.1) is 0 Å². The van der Waals surface area contributed by atoms with Crippen LogP contribution in [0.15, 0.2) is 12.2 Å². The molecule has 1 aliphatic heterocycles. The van der Waals surface area contributed by atoms with Crippen molar-refractivity contribution in [2.75, 3.05) is 13.1 Å². The van der Waals surface area contributed by atoms with Gasteiger partial charge in [0.1, 0.15) is 0 Å². The SMILES string of the molecule is O=C(C1CC=CCC1)N1CCCCCCC1. The summed E-state index contributed by atoms with van der Waals surface area (Å²) in [4.78, 5) is 14.4. The van der Waals surface area contributed by atoms with Crippen LogP contribution in [0.25, 0.3) is 0 Å². The first-order valence-corrected chi connectivity index (χ1v) is 6.82. The smallest absolute Gasteiger partial charge is 0.226 e. The fraction of sp³-hybridized carbons (Fsp3) is 0.786. The summed E-state index contributed by atoms with van der Waals surface area (Å²) in [7, 11) is 0. The van der Waals surface area contributed by atoms with E-state index in [4.69, 9.17) is 0 Å². The molecular formula is C14H23NO. The number of carbonyl (C=O) groups excluding carboxylic acids is 1. The molecule has 2 rings (SSSR count). The van der Waals surface area contributed by atoms with Gasteiger partial charge in [-0.1, -0.05) is 31.4 Å². The third kappa shape index (κ3) is 3.10. The molecule has 0 saturated carbocycles. The molecule has 0 aromatic carbocycles. The summed E-state index contributed by atoms with van der Waals surface area (Å²) in [6.07, 6.45) is 13.9. The van der Waals surface area contributed by atoms with E-state index in [0.29, 0.717) is 5.91 Å². The van der Waals surface area contributed by atoms with Crippen LogP contribution >= 0.6 is 0 Å². The molecule has 2 nitrogen and oxygen atoms in total. The van der Waals surface area contributed by atoms with Crippen LogP contribution in [0.2, 0.25) is 0 Å². The Balaban J connectivity index is 1.88. The summed E-state index contributed by atoms with van der Waals surface area (Å²) in [5.74, 6) is 0.704. The van der Waals surface area contributed by atoms with Gasteiger partial charge in [-0.3, -0.25) is 4.79 Å². The molecular weight excluding hydrogens is 198 g/mol. The molecule has 0 aromatic rings. The number of hydrogen-bond donors (Lipinski definition) is 0. The van der Waals surface area contributed by atoms with Gasteiger partial charge in [0.25, 0.3) is 0 Å². The van der Waals surface area contributed by atoms with Crippen molar-refractivity contribution in [3.05, 3.63) is 12.2 Å². The Kier molecular flexibility index (Phi) is 4.44. The van der Waals surface area contributed by atoms with Crippen LogP contribution in [-0.2, 0) is 4.79 Å². The third-order valence-electron chi connectivity index (χ3n) is 3.79. The van der Waals surface area contributed by atoms with E-state index in [9.17, 15) is 4.79 Å². The third-order valence-corrected chi connectivity index (χ3v) is 3.79. The van der Waals surface area contributed by atoms with Gasteiger partial charge in [-0.25, -0.2) is 0 Å². The van der Waals surface area contributed by atoms with E-state index in [-0.39, 0.29) is 5.92 Å². The lowest BCUT2D eigenvalue weighted by Gasteiger charge is -2.29. The lowest BCUT2D eigenvalue weighted by molar-refractivity contribution is -0.136. The van der Waals surface area contributed by atoms with Gasteiger partial charge in [-0.05, 0) is 32.1 Å². The molecule has 0 N–H and O–H groups in total. The summed E-state index contributed by atoms with van der Waals surface area (Å²) in [5.41, 5.74) is 0. The summed E-state index contributed by atoms with van der Waals surface area (Å²) >= 11 is 0. The zero-order chi connectivity index (χ0) is 11.2. The maximum atomic E-state index is 12.3. The van der Waals surface area contributed by atoms with Crippen LogP contribution in [0.5, 0.6) is 0 Å². The Hall–Kier alpha value is -0.790. The molecule has 2 aliphatic rings. The Morgan fingerprint density at radius 3 is 2.31 bits per heavy atom. The second-order valence-corrected chi connectivity index (χ2v) is 5.07. The normalized spacial score (nSPS) is 27.2. The molecule has 1 amide bonds. The average molecular weight is 221 g/mol. The minimum Gasteiger partial charge on any atom is -0.342 e. The zero-order valence-corrected chi connectivity index (χ0v) is 10.2. The molecule has 1 saturated heterocycles. The van der Waals surface area contributed by atoms with Crippen molar-refractivity contribution in [3.8, 4) is 0 Å². The van der Waals surface area contributed by atoms with E-state index in [1.165, 1.54) is 32.1 Å². The van der Waals surface area contributed by atoms with Crippen LogP contribution in [0.1, 0.15) is 51.4 Å². The Morgan fingerprint density at radius 1 is 1.00 bits per heavy atom. The van der Waals surface area contributed by atoms with Crippen molar-refractivity contribution < 1.29 is 4.79 Å². The molecule has 90 valence electrons. The van der Waals surface area contributed by atoms with E-state index >= 15 is 0 Å². The molecule has 1 atom stereocenters.